The van der Waals surface area contributed by atoms with Gasteiger partial charge in [-0.3, -0.25) is 13.8 Å². The van der Waals surface area contributed by atoms with Crippen LogP contribution in [0.5, 0.6) is 0 Å². The summed E-state index contributed by atoms with van der Waals surface area (Å²) >= 11 is 0. The molecular formula is C53H95NO7P+. The van der Waals surface area contributed by atoms with Crippen molar-refractivity contribution in [2.75, 3.05) is 54.1 Å². The lowest BCUT2D eigenvalue weighted by molar-refractivity contribution is -0.870. The van der Waals surface area contributed by atoms with Gasteiger partial charge in [0.05, 0.1) is 34.4 Å². The molecule has 0 heterocycles. The lowest BCUT2D eigenvalue weighted by atomic mass is 10.0. The molecule has 0 aromatic carbocycles. The Morgan fingerprint density at radius 3 is 1.34 bits per heavy atom. The molecule has 2 unspecified atom stereocenters. The number of nitrogens with zero attached hydrogens (tertiary/aromatic N) is 1. The van der Waals surface area contributed by atoms with Gasteiger partial charge in [-0.25, -0.2) is 4.57 Å². The van der Waals surface area contributed by atoms with Crippen molar-refractivity contribution in [1.82, 2.24) is 0 Å². The summed E-state index contributed by atoms with van der Waals surface area (Å²) < 4.78 is 35.0. The van der Waals surface area contributed by atoms with Crippen molar-refractivity contribution in [3.63, 3.8) is 0 Å². The molecule has 9 heteroatoms. The van der Waals surface area contributed by atoms with E-state index < -0.39 is 13.9 Å². The fraction of sp³-hybridized carbons (Fsp3) is 0.717. The minimum atomic E-state index is -4.30. The van der Waals surface area contributed by atoms with Gasteiger partial charge in [-0.1, -0.05) is 202 Å². The van der Waals surface area contributed by atoms with E-state index in [1.54, 1.807) is 0 Å². The summed E-state index contributed by atoms with van der Waals surface area (Å²) in [5, 5.41) is 0. The molecule has 8 nitrogen and oxygen atoms in total. The number of quaternary nitrogens is 1. The average molecular weight is 889 g/mol. The first-order chi connectivity index (χ1) is 30.1. The molecule has 0 fully saturated rings. The van der Waals surface area contributed by atoms with E-state index in [1.807, 2.05) is 21.1 Å². The number of phosphoric acid groups is 1. The summed E-state index contributed by atoms with van der Waals surface area (Å²) in [6.07, 6.45) is 60.6. The topological polar surface area (TPSA) is 91.3 Å². The SMILES string of the molecule is CC/C=C\C/C=C\C/C=C\C/C=C\C/C=C\C/C=C\C/C=C\CCCC(=O)OC(COCCCCCCCCCCCCCCCCCCC)COP(=O)(O)OCC[N+](C)(C)C. The molecule has 2 atom stereocenters. The molecule has 0 aliphatic carbocycles. The van der Waals surface area contributed by atoms with Gasteiger partial charge in [0.15, 0.2) is 0 Å². The Morgan fingerprint density at radius 1 is 0.516 bits per heavy atom. The van der Waals surface area contributed by atoms with Gasteiger partial charge in [0, 0.05) is 13.0 Å². The Bertz CT molecular complexity index is 1260. The fourth-order valence-electron chi connectivity index (χ4n) is 6.42. The maximum Gasteiger partial charge on any atom is 0.472 e. The highest BCUT2D eigenvalue weighted by Crippen LogP contribution is 2.43. The Labute approximate surface area is 382 Å². The summed E-state index contributed by atoms with van der Waals surface area (Å²) in [5.41, 5.74) is 0. The number of esters is 1. The largest absolute Gasteiger partial charge is 0.472 e. The Balaban J connectivity index is 4.30. The summed E-state index contributed by atoms with van der Waals surface area (Å²) in [6, 6.07) is 0. The van der Waals surface area contributed by atoms with E-state index >= 15 is 0 Å². The second-order valence-electron chi connectivity index (χ2n) is 17.5. The molecule has 0 saturated heterocycles. The number of likely N-dealkylation sites (N-methyl/N-ethyl adjacent to an activating group) is 1. The standard InChI is InChI=1S/C53H94NO7P/c1-6-8-10-12-14-16-18-20-22-24-25-26-27-28-29-30-32-34-36-38-40-42-44-46-53(55)61-52(51-60-62(56,57)59-49-47-54(3,4)5)50-58-48-45-43-41-39-37-35-33-31-23-21-19-17-15-13-11-9-7-2/h8,10,14,16,20,22,25-26,28-29,32,34,38,40,52H,6-7,9,11-13,15,17-19,21,23-24,27,30-31,33,35-37,39,41-51H2,1-5H3/p+1/b10-8-,16-14-,22-20-,26-25-,29-28-,34-32-,40-38-. The van der Waals surface area contributed by atoms with Crippen LogP contribution in [-0.2, 0) is 27.9 Å². The molecular weight excluding hydrogens is 794 g/mol. The van der Waals surface area contributed by atoms with Crippen molar-refractivity contribution >= 4 is 13.8 Å². The number of unbranched alkanes of at least 4 members (excludes halogenated alkanes) is 17. The van der Waals surface area contributed by atoms with Crippen LogP contribution in [0, 0.1) is 0 Å². The Kier molecular flexibility index (Phi) is 43.6. The van der Waals surface area contributed by atoms with Crippen LogP contribution in [0.3, 0.4) is 0 Å². The molecule has 0 aliphatic rings. The minimum absolute atomic E-state index is 0.0746. The molecule has 0 rings (SSSR count). The Morgan fingerprint density at radius 2 is 0.919 bits per heavy atom. The number of ether oxygens (including phenoxy) is 2. The first kappa shape index (κ1) is 59.7. The van der Waals surface area contributed by atoms with Gasteiger partial charge < -0.3 is 18.9 Å². The van der Waals surface area contributed by atoms with Crippen molar-refractivity contribution in [2.24, 2.45) is 0 Å². The fourth-order valence-corrected chi connectivity index (χ4v) is 7.17. The Hall–Kier alpha value is -2.32. The highest BCUT2D eigenvalue weighted by molar-refractivity contribution is 7.47. The van der Waals surface area contributed by atoms with Gasteiger partial charge in [0.25, 0.3) is 0 Å². The zero-order valence-corrected chi connectivity index (χ0v) is 41.5. The third kappa shape index (κ3) is 48.7. The normalized spacial score (nSPS) is 14.4. The maximum absolute atomic E-state index is 12.7. The molecule has 1 N–H and O–H groups in total. The number of allylic oxidation sites excluding steroid dienone is 14. The van der Waals surface area contributed by atoms with Gasteiger partial charge >= 0.3 is 13.8 Å². The van der Waals surface area contributed by atoms with Gasteiger partial charge in [0.2, 0.25) is 0 Å². The highest BCUT2D eigenvalue weighted by atomic mass is 31.2. The van der Waals surface area contributed by atoms with Crippen LogP contribution in [0.4, 0.5) is 0 Å². The molecule has 0 spiro atoms. The summed E-state index contributed by atoms with van der Waals surface area (Å²) in [6.45, 7) is 5.44. The van der Waals surface area contributed by atoms with E-state index in [0.717, 1.165) is 64.2 Å². The van der Waals surface area contributed by atoms with E-state index in [9.17, 15) is 14.3 Å². The van der Waals surface area contributed by atoms with Gasteiger partial charge in [-0.2, -0.15) is 0 Å². The number of hydrogen-bond donors (Lipinski definition) is 1. The number of phosphoric ester groups is 1. The van der Waals surface area contributed by atoms with Crippen molar-refractivity contribution in [2.45, 2.75) is 193 Å². The smallest absolute Gasteiger partial charge is 0.457 e. The van der Waals surface area contributed by atoms with E-state index in [0.29, 0.717) is 24.1 Å². The molecule has 0 radical (unpaired) electrons. The van der Waals surface area contributed by atoms with Crippen LogP contribution in [-0.4, -0.2) is 75.6 Å². The number of rotatable bonds is 45. The summed E-state index contributed by atoms with van der Waals surface area (Å²) in [7, 11) is 1.62. The van der Waals surface area contributed by atoms with Crippen LogP contribution >= 0.6 is 7.82 Å². The molecule has 0 aromatic heterocycles. The van der Waals surface area contributed by atoms with Gasteiger partial charge in [0.1, 0.15) is 19.3 Å². The first-order valence-electron chi connectivity index (χ1n) is 24.8. The third-order valence-corrected chi connectivity index (χ3v) is 11.2. The van der Waals surface area contributed by atoms with Crippen LogP contribution in [0.1, 0.15) is 187 Å². The van der Waals surface area contributed by atoms with Crippen molar-refractivity contribution in [3.8, 4) is 0 Å². The van der Waals surface area contributed by atoms with Gasteiger partial charge in [-0.05, 0) is 64.2 Å². The minimum Gasteiger partial charge on any atom is -0.457 e. The first-order valence-corrected chi connectivity index (χ1v) is 26.3. The molecule has 0 aliphatic heterocycles. The number of carbonyl (C=O) groups excluding carboxylic acids is 1. The lowest BCUT2D eigenvalue weighted by Gasteiger charge is -2.24. The van der Waals surface area contributed by atoms with Crippen LogP contribution in [0.2, 0.25) is 0 Å². The predicted molar refractivity (Wildman–Crippen MR) is 265 cm³/mol. The zero-order chi connectivity index (χ0) is 45.5. The predicted octanol–water partition coefficient (Wildman–Crippen LogP) is 15.2. The maximum atomic E-state index is 12.7. The summed E-state index contributed by atoms with van der Waals surface area (Å²) in [4.78, 5) is 23.0. The monoisotopic (exact) mass is 889 g/mol. The van der Waals surface area contributed by atoms with Gasteiger partial charge in [-0.15, -0.1) is 0 Å². The molecule has 0 saturated carbocycles. The van der Waals surface area contributed by atoms with Crippen molar-refractivity contribution in [1.29, 1.82) is 0 Å². The van der Waals surface area contributed by atoms with Crippen molar-refractivity contribution < 1.29 is 37.3 Å². The van der Waals surface area contributed by atoms with Crippen LogP contribution in [0.25, 0.3) is 0 Å². The summed E-state index contributed by atoms with van der Waals surface area (Å²) in [5.74, 6) is -0.371. The van der Waals surface area contributed by atoms with E-state index in [1.165, 1.54) is 96.3 Å². The van der Waals surface area contributed by atoms with E-state index in [4.69, 9.17) is 18.5 Å². The second-order valence-corrected chi connectivity index (χ2v) is 18.9. The van der Waals surface area contributed by atoms with Crippen LogP contribution < -0.4 is 0 Å². The molecule has 358 valence electrons. The van der Waals surface area contributed by atoms with Crippen molar-refractivity contribution in [3.05, 3.63) is 85.1 Å². The quantitative estimate of drug-likeness (QED) is 0.0214. The van der Waals surface area contributed by atoms with E-state index in [-0.39, 0.29) is 32.2 Å². The molecule has 0 bridgehead atoms. The number of carbonyl (C=O) groups is 1. The third-order valence-electron chi connectivity index (χ3n) is 10.2. The van der Waals surface area contributed by atoms with E-state index in [2.05, 4.69) is 98.9 Å². The number of hydrogen-bond acceptors (Lipinski definition) is 6. The molecule has 0 aromatic rings. The van der Waals surface area contributed by atoms with Crippen LogP contribution in [0.15, 0.2) is 85.1 Å². The average Bonchev–Trinajstić information content (AvgIpc) is 3.23. The lowest BCUT2D eigenvalue weighted by Crippen LogP contribution is -2.37. The zero-order valence-electron chi connectivity index (χ0n) is 40.6. The molecule has 62 heavy (non-hydrogen) atoms. The second kappa shape index (κ2) is 45.3. The highest BCUT2D eigenvalue weighted by Gasteiger charge is 2.26. The molecule has 0 amide bonds.